The molecule has 65 heavy (non-hydrogen) atoms. The number of cyclic esters (lactones) is 1. The highest BCUT2D eigenvalue weighted by atomic mass is 16.7. The molecule has 3 aliphatic heterocycles. The largest absolute Gasteiger partial charge is 0.481 e. The van der Waals surface area contributed by atoms with Crippen LogP contribution in [0.15, 0.2) is 85.1 Å². The quantitative estimate of drug-likeness (QED) is 0.174. The number of rotatable bonds is 3. The molecule has 19 atom stereocenters. The van der Waals surface area contributed by atoms with Gasteiger partial charge in [-0.1, -0.05) is 98.9 Å². The van der Waals surface area contributed by atoms with E-state index in [1.165, 1.54) is 13.0 Å². The number of aliphatic hydroxyl groups is 10. The Morgan fingerprint density at radius 2 is 1.23 bits per heavy atom. The van der Waals surface area contributed by atoms with Crippen molar-refractivity contribution < 1.29 is 84.7 Å². The van der Waals surface area contributed by atoms with Crippen molar-refractivity contribution in [3.8, 4) is 0 Å². The Morgan fingerprint density at radius 3 is 1.82 bits per heavy atom. The van der Waals surface area contributed by atoms with E-state index in [0.29, 0.717) is 0 Å². The monoisotopic (exact) mass is 923 g/mol. The van der Waals surface area contributed by atoms with Crippen molar-refractivity contribution in [2.75, 3.05) is 0 Å². The number of carbonyl (C=O) groups excluding carboxylic acids is 1. The summed E-state index contributed by atoms with van der Waals surface area (Å²) in [7, 11) is 0. The number of hydrogen-bond acceptors (Lipinski definition) is 17. The third-order valence-electron chi connectivity index (χ3n) is 12.0. The highest BCUT2D eigenvalue weighted by Gasteiger charge is 2.51. The molecule has 0 aromatic carbocycles. The molecule has 2 bridgehead atoms. The van der Waals surface area contributed by atoms with Crippen LogP contribution in [0, 0.1) is 17.8 Å². The summed E-state index contributed by atoms with van der Waals surface area (Å²) in [5.74, 6) is -6.83. The molecule has 0 aliphatic carbocycles. The van der Waals surface area contributed by atoms with Crippen molar-refractivity contribution in [3.05, 3.63) is 85.1 Å². The van der Waals surface area contributed by atoms with Crippen molar-refractivity contribution in [3.63, 3.8) is 0 Å². The van der Waals surface area contributed by atoms with Gasteiger partial charge in [0.1, 0.15) is 18.1 Å². The van der Waals surface area contributed by atoms with E-state index in [-0.39, 0.29) is 31.6 Å². The number of esters is 1. The molecule has 0 aromatic heterocycles. The zero-order valence-corrected chi connectivity index (χ0v) is 37.6. The number of carbonyl (C=O) groups is 2. The third kappa shape index (κ3) is 18.6. The number of allylic oxidation sites excluding steroid dienone is 12. The minimum atomic E-state index is -2.33. The second-order valence-electron chi connectivity index (χ2n) is 17.6. The average Bonchev–Trinajstić information content (AvgIpc) is 3.21. The summed E-state index contributed by atoms with van der Waals surface area (Å²) >= 11 is 0. The molecule has 2 saturated heterocycles. The molecule has 0 spiro atoms. The van der Waals surface area contributed by atoms with Gasteiger partial charge in [0.05, 0.1) is 79.6 Å². The topological polar surface area (TPSA) is 320 Å². The Morgan fingerprint density at radius 1 is 0.662 bits per heavy atom. The number of carboxylic acid groups (broad SMARTS) is 1. The molecule has 18 nitrogen and oxygen atoms in total. The van der Waals surface area contributed by atoms with Gasteiger partial charge >= 0.3 is 11.9 Å². The number of carboxylic acids is 1. The summed E-state index contributed by atoms with van der Waals surface area (Å²) in [5.41, 5.74) is 6.02. The lowest BCUT2D eigenvalue weighted by molar-refractivity contribution is -0.308. The van der Waals surface area contributed by atoms with Crippen LogP contribution in [-0.4, -0.2) is 166 Å². The van der Waals surface area contributed by atoms with E-state index in [9.17, 15) is 65.8 Å². The Balaban J connectivity index is 1.86. The van der Waals surface area contributed by atoms with Crippen molar-refractivity contribution in [1.29, 1.82) is 0 Å². The molecule has 13 N–H and O–H groups in total. The minimum Gasteiger partial charge on any atom is -0.481 e. The Kier molecular flexibility index (Phi) is 23.6. The fourth-order valence-electron chi connectivity index (χ4n) is 7.97. The predicted molar refractivity (Wildman–Crippen MR) is 237 cm³/mol. The number of ether oxygens (including phenoxy) is 4. The van der Waals surface area contributed by atoms with Crippen LogP contribution in [0.3, 0.4) is 0 Å². The first-order valence-corrected chi connectivity index (χ1v) is 22.3. The van der Waals surface area contributed by atoms with Crippen LogP contribution >= 0.6 is 0 Å². The van der Waals surface area contributed by atoms with Crippen LogP contribution in [0.2, 0.25) is 0 Å². The first kappa shape index (κ1) is 55.9. The number of aliphatic carboxylic acids is 1. The number of fused-ring (bicyclic) bond motifs is 2. The molecular weight excluding hydrogens is 851 g/mol. The third-order valence-corrected chi connectivity index (χ3v) is 12.0. The Bertz CT molecular complexity index is 1670. The summed E-state index contributed by atoms with van der Waals surface area (Å²) in [6, 6.07) is -1.15. The van der Waals surface area contributed by atoms with Crippen LogP contribution in [0.4, 0.5) is 0 Å². The van der Waals surface area contributed by atoms with E-state index in [1.807, 2.05) is 19.1 Å². The summed E-state index contributed by atoms with van der Waals surface area (Å²) in [5, 5.41) is 118. The van der Waals surface area contributed by atoms with Gasteiger partial charge in [-0.25, -0.2) is 0 Å². The number of nitrogens with two attached hydrogens (primary N) is 1. The lowest BCUT2D eigenvalue weighted by atomic mass is 9.82. The maximum atomic E-state index is 12.6. The van der Waals surface area contributed by atoms with E-state index in [4.69, 9.17) is 24.7 Å². The molecule has 368 valence electrons. The fraction of sp³-hybridized carbons (Fsp3) is 0.660. The highest BCUT2D eigenvalue weighted by molar-refractivity contribution is 5.71. The Hall–Kier alpha value is -3.44. The van der Waals surface area contributed by atoms with Gasteiger partial charge in [-0.3, -0.25) is 9.59 Å². The molecule has 3 rings (SSSR count). The minimum absolute atomic E-state index is 0.107. The first-order chi connectivity index (χ1) is 30.6. The zero-order chi connectivity index (χ0) is 48.4. The summed E-state index contributed by atoms with van der Waals surface area (Å²) in [6.07, 6.45) is 3.46. The molecule has 0 amide bonds. The second-order valence-corrected chi connectivity index (χ2v) is 17.6. The van der Waals surface area contributed by atoms with Crippen LogP contribution in [0.1, 0.15) is 79.1 Å². The predicted octanol–water partition coefficient (Wildman–Crippen LogP) is 0.712. The van der Waals surface area contributed by atoms with E-state index in [1.54, 1.807) is 80.7 Å². The highest BCUT2D eigenvalue weighted by Crippen LogP contribution is 2.38. The van der Waals surface area contributed by atoms with Crippen molar-refractivity contribution in [2.24, 2.45) is 23.5 Å². The van der Waals surface area contributed by atoms with Crippen molar-refractivity contribution >= 4 is 11.9 Å². The second kappa shape index (κ2) is 27.4. The van der Waals surface area contributed by atoms with Gasteiger partial charge in [-0.05, 0) is 33.1 Å². The lowest BCUT2D eigenvalue weighted by Crippen LogP contribution is -2.61. The molecule has 3 aliphatic rings. The zero-order valence-electron chi connectivity index (χ0n) is 37.6. The molecule has 0 radical (unpaired) electrons. The van der Waals surface area contributed by atoms with E-state index >= 15 is 0 Å². The van der Waals surface area contributed by atoms with Crippen molar-refractivity contribution in [2.45, 2.75) is 177 Å². The molecule has 0 unspecified atom stereocenters. The van der Waals surface area contributed by atoms with Crippen LogP contribution in [0.25, 0.3) is 0 Å². The van der Waals surface area contributed by atoms with Gasteiger partial charge in [0, 0.05) is 37.5 Å². The summed E-state index contributed by atoms with van der Waals surface area (Å²) in [4.78, 5) is 25.1. The maximum absolute atomic E-state index is 12.6. The van der Waals surface area contributed by atoms with Gasteiger partial charge < -0.3 is 80.9 Å². The average molecular weight is 924 g/mol. The van der Waals surface area contributed by atoms with Gasteiger partial charge in [-0.15, -0.1) is 0 Å². The van der Waals surface area contributed by atoms with Gasteiger partial charge in [-0.2, -0.15) is 0 Å². The smallest absolute Gasteiger partial charge is 0.311 e. The molecular formula is C47H73NO17. The van der Waals surface area contributed by atoms with Gasteiger partial charge in [0.15, 0.2) is 12.1 Å². The molecule has 0 aromatic rings. The summed E-state index contributed by atoms with van der Waals surface area (Å²) in [6.45, 7) is 6.74. The molecule has 2 fully saturated rings. The molecule has 0 saturated carbocycles. The first-order valence-electron chi connectivity index (χ1n) is 22.3. The number of hydrogen-bond donors (Lipinski definition) is 12. The fourth-order valence-corrected chi connectivity index (χ4v) is 7.97. The summed E-state index contributed by atoms with van der Waals surface area (Å²) < 4.78 is 23.1. The molecule has 18 heteroatoms. The van der Waals surface area contributed by atoms with E-state index in [2.05, 4.69) is 0 Å². The van der Waals surface area contributed by atoms with Gasteiger partial charge in [0.25, 0.3) is 0 Å². The van der Waals surface area contributed by atoms with Crippen LogP contribution in [0.5, 0.6) is 0 Å². The van der Waals surface area contributed by atoms with Gasteiger partial charge in [0.2, 0.25) is 0 Å². The molecule has 3 heterocycles. The van der Waals surface area contributed by atoms with E-state index < -0.39 is 147 Å². The lowest BCUT2D eigenvalue weighted by Gasteiger charge is -2.45. The SMILES string of the molecule is C[C@@H]1[C@H](O)[C@@H](C)/C=C/C=C/C=C/C=C/C=C/C=C/C=C/[C@H](O[C@H]2O[C@@H](C)[C@H](O)[C@@H](N)[C@H]2O)C[C@H]2O[C@@](O)(C[C@@H](O)C[C@@H](O)[C@@H](O)CC[C@@H](O)C[C@@H](O)CC(=O)O[C@H]1C)C[C@H](O)[C@@H]2C(=O)O. The maximum Gasteiger partial charge on any atom is 0.311 e. The standard InChI is InChI=1S/C47H73NO17/c1-27-17-15-13-11-9-7-5-6-8-10-12-14-16-18-34(64-46-44(58)41(48)43(57)30(4)63-46)24-38-40(45(59)60)37(54)26-47(61,65-38)25-33(51)22-36(53)35(52)20-19-31(49)21-32(50)23-39(55)62-29(3)28(2)42(27)56/h5-18,27-38,40-44,46,49-54,56-58,61H,19-26,48H2,1-4H3,(H,59,60)/b6-5+,9-7+,10-8+,13-11+,14-12+,17-15+,18-16+/t27-,28-,29-,30-,31+,32+,33-,34-,35-,36+,37-,38+,40-,41+,42+,43-,44+,46+,47-/m0/s1. The van der Waals surface area contributed by atoms with E-state index in [0.717, 1.165) is 0 Å². The Labute approximate surface area is 381 Å². The van der Waals surface area contributed by atoms with Crippen LogP contribution in [-0.2, 0) is 28.5 Å². The normalized spacial score (nSPS) is 45.5. The van der Waals surface area contributed by atoms with Crippen LogP contribution < -0.4 is 5.73 Å². The number of aliphatic hydroxyl groups excluding tert-OH is 9. The van der Waals surface area contributed by atoms with Crippen molar-refractivity contribution in [1.82, 2.24) is 0 Å².